The molecule has 2 fully saturated rings. The molecule has 2 saturated heterocycles. The number of ether oxygens (including phenoxy) is 6. The number of esters is 2. The second kappa shape index (κ2) is 20.5. The van der Waals surface area contributed by atoms with Crippen LogP contribution in [-0.4, -0.2) is 153 Å². The number of rotatable bonds is 16. The third-order valence-corrected chi connectivity index (χ3v) is 11.1. The Kier molecular flexibility index (Phi) is 15.6. The minimum Gasteiger partial charge on any atom is -0.460 e. The van der Waals surface area contributed by atoms with Gasteiger partial charge in [0.1, 0.15) is 54.4 Å². The summed E-state index contributed by atoms with van der Waals surface area (Å²) in [5.41, 5.74) is 2.21. The molecule has 11 unspecified atom stereocenters. The summed E-state index contributed by atoms with van der Waals surface area (Å²) >= 11 is 0. The van der Waals surface area contributed by atoms with E-state index in [4.69, 9.17) is 28.4 Å². The van der Waals surface area contributed by atoms with Gasteiger partial charge in [0.05, 0.1) is 37.5 Å². The zero-order chi connectivity index (χ0) is 45.6. The van der Waals surface area contributed by atoms with E-state index in [9.17, 15) is 49.8 Å². The van der Waals surface area contributed by atoms with E-state index in [1.807, 2.05) is 24.3 Å². The van der Waals surface area contributed by atoms with Gasteiger partial charge >= 0.3 is 11.9 Å². The number of nitrogens with one attached hydrogen (secondary N) is 2. The van der Waals surface area contributed by atoms with Gasteiger partial charge in [-0.05, 0) is 69.0 Å². The molecular weight excluding hydrogens is 824 g/mol. The van der Waals surface area contributed by atoms with Crippen molar-refractivity contribution in [3.8, 4) is 0 Å². The second-order valence-corrected chi connectivity index (χ2v) is 17.3. The predicted molar refractivity (Wildman–Crippen MR) is 221 cm³/mol. The molecule has 344 valence electrons. The number of aliphatic hydroxyl groups excluding tert-OH is 6. The maximum atomic E-state index is 14.0. The van der Waals surface area contributed by atoms with Crippen molar-refractivity contribution in [1.29, 1.82) is 0 Å². The van der Waals surface area contributed by atoms with Crippen molar-refractivity contribution in [1.82, 2.24) is 10.6 Å². The Morgan fingerprint density at radius 3 is 2.32 bits per heavy atom. The minimum atomic E-state index is -1.59. The Hall–Kier alpha value is -4.60. The van der Waals surface area contributed by atoms with Crippen LogP contribution in [0.15, 0.2) is 66.3 Å². The summed E-state index contributed by atoms with van der Waals surface area (Å²) in [4.78, 5) is 53.5. The van der Waals surface area contributed by atoms with Crippen molar-refractivity contribution in [2.75, 3.05) is 19.8 Å². The summed E-state index contributed by atoms with van der Waals surface area (Å²) in [7, 11) is 0. The van der Waals surface area contributed by atoms with Crippen LogP contribution in [0.2, 0.25) is 0 Å². The number of carbonyl (C=O) groups is 4. The van der Waals surface area contributed by atoms with Gasteiger partial charge in [0.25, 0.3) is 0 Å². The minimum absolute atomic E-state index is 0.0427. The molecule has 2 amide bonds. The number of benzene rings is 2. The van der Waals surface area contributed by atoms with Crippen molar-refractivity contribution in [3.05, 3.63) is 88.5 Å². The summed E-state index contributed by atoms with van der Waals surface area (Å²) in [6, 6.07) is 11.9. The Labute approximate surface area is 364 Å². The number of hydrogen-bond donors (Lipinski definition) is 8. The molecule has 63 heavy (non-hydrogen) atoms. The molecule has 11 atom stereocenters. The van der Waals surface area contributed by atoms with Crippen molar-refractivity contribution >= 4 is 29.8 Å². The molecular formula is C45H58N2O16. The van der Waals surface area contributed by atoms with Gasteiger partial charge < -0.3 is 69.7 Å². The molecule has 2 aliphatic carbocycles. The zero-order valence-corrected chi connectivity index (χ0v) is 35.6. The number of carbonyl (C=O) groups excluding carboxylic acids is 4. The van der Waals surface area contributed by atoms with Gasteiger partial charge in [-0.25, -0.2) is 4.79 Å². The third-order valence-electron chi connectivity index (χ3n) is 11.1. The Morgan fingerprint density at radius 2 is 1.67 bits per heavy atom. The lowest BCUT2D eigenvalue weighted by Crippen LogP contribution is -2.59. The van der Waals surface area contributed by atoms with Crippen LogP contribution in [0.25, 0.3) is 6.08 Å². The van der Waals surface area contributed by atoms with E-state index in [2.05, 4.69) is 10.6 Å². The fourth-order valence-corrected chi connectivity index (χ4v) is 8.00. The molecule has 1 spiro atoms. The highest BCUT2D eigenvalue weighted by molar-refractivity contribution is 5.98. The highest BCUT2D eigenvalue weighted by atomic mass is 16.8. The summed E-state index contributed by atoms with van der Waals surface area (Å²) in [6.07, 6.45) is -5.72. The van der Waals surface area contributed by atoms with Crippen LogP contribution in [0.3, 0.4) is 0 Å². The Balaban J connectivity index is 1.13. The lowest BCUT2D eigenvalue weighted by Gasteiger charge is -2.39. The van der Waals surface area contributed by atoms with Gasteiger partial charge in [0, 0.05) is 31.3 Å². The van der Waals surface area contributed by atoms with E-state index in [1.54, 1.807) is 63.3 Å². The topological polar surface area (TPSA) is 269 Å². The van der Waals surface area contributed by atoms with Crippen molar-refractivity contribution in [3.63, 3.8) is 0 Å². The average molecular weight is 883 g/mol. The molecule has 2 heterocycles. The zero-order valence-electron chi connectivity index (χ0n) is 35.6. The first-order valence-corrected chi connectivity index (χ1v) is 21.0. The molecule has 0 aromatic heterocycles. The molecule has 18 nitrogen and oxygen atoms in total. The molecule has 18 heteroatoms. The van der Waals surface area contributed by atoms with Crippen molar-refractivity contribution in [2.45, 2.75) is 138 Å². The summed E-state index contributed by atoms with van der Waals surface area (Å²) in [5, 5.41) is 65.5. The highest BCUT2D eigenvalue weighted by Gasteiger charge is 2.55. The van der Waals surface area contributed by atoms with E-state index >= 15 is 0 Å². The van der Waals surface area contributed by atoms with Crippen LogP contribution in [0, 0.1) is 0 Å². The van der Waals surface area contributed by atoms with Crippen LogP contribution >= 0.6 is 0 Å². The van der Waals surface area contributed by atoms with Crippen LogP contribution in [-0.2, 0) is 55.6 Å². The second-order valence-electron chi connectivity index (χ2n) is 17.3. The van der Waals surface area contributed by atoms with Gasteiger partial charge in [0.2, 0.25) is 11.8 Å². The van der Waals surface area contributed by atoms with E-state index < -0.39 is 116 Å². The molecule has 6 rings (SSSR count). The van der Waals surface area contributed by atoms with Gasteiger partial charge in [-0.1, -0.05) is 48.6 Å². The molecule has 2 aromatic rings. The summed E-state index contributed by atoms with van der Waals surface area (Å²) in [6.45, 7) is 5.27. The van der Waals surface area contributed by atoms with Gasteiger partial charge in [0.15, 0.2) is 12.1 Å². The molecule has 8 N–H and O–H groups in total. The first kappa shape index (κ1) is 47.9. The Bertz CT molecular complexity index is 1990. The third kappa shape index (κ3) is 12.0. The lowest BCUT2D eigenvalue weighted by molar-refractivity contribution is -0.298. The fraction of sp³-hybridized carbons (Fsp3) is 0.556. The van der Waals surface area contributed by atoms with E-state index in [1.165, 1.54) is 6.92 Å². The smallest absolute Gasteiger partial charge is 0.338 e. The van der Waals surface area contributed by atoms with Crippen molar-refractivity contribution < 1.29 is 78.2 Å². The summed E-state index contributed by atoms with van der Waals surface area (Å²) in [5.74, 6) is -3.86. The van der Waals surface area contributed by atoms with Crippen LogP contribution < -0.4 is 10.6 Å². The normalized spacial score (nSPS) is 27.7. The van der Waals surface area contributed by atoms with Gasteiger partial charge in [-0.3, -0.25) is 14.4 Å². The largest absolute Gasteiger partial charge is 0.460 e. The van der Waals surface area contributed by atoms with Gasteiger partial charge in [-0.15, -0.1) is 0 Å². The van der Waals surface area contributed by atoms with Gasteiger partial charge in [-0.2, -0.15) is 0 Å². The maximum Gasteiger partial charge on any atom is 0.338 e. The monoisotopic (exact) mass is 882 g/mol. The number of fused-ring (bicyclic) bond motifs is 2. The molecule has 0 saturated carbocycles. The standard InChI is InChI=1S/C45H58N2O16/c1-24(50)35(41(56)46-30(22-48)14-15-34(51)62-44(2,3)4)47-40(55)29-18-31(39-32(19-29)61-45(63-39)20-27-11-5-6-12-28(27)21-45)59-42(57)26-13-7-9-25(17-26)10-8-16-58-43-38(54)37(53)36(52)33(23-49)60-43/h5-13,17,19,24,30-33,35-39,43,48-50,52-54H,14-16,18,20-23H2,1-4H3,(H,46,56)(H,47,55). The molecule has 0 bridgehead atoms. The molecule has 2 aromatic carbocycles. The van der Waals surface area contributed by atoms with Crippen molar-refractivity contribution in [2.24, 2.45) is 0 Å². The van der Waals surface area contributed by atoms with E-state index in [0.29, 0.717) is 18.4 Å². The number of hydrogen-bond acceptors (Lipinski definition) is 16. The van der Waals surface area contributed by atoms with E-state index in [-0.39, 0.29) is 37.0 Å². The quantitative estimate of drug-likeness (QED) is 0.104. The number of aliphatic hydroxyl groups is 6. The number of amides is 2. The highest BCUT2D eigenvalue weighted by Crippen LogP contribution is 2.45. The first-order valence-electron chi connectivity index (χ1n) is 21.0. The predicted octanol–water partition coefficient (Wildman–Crippen LogP) is 0.116. The SMILES string of the molecule is CC(O)C(NC(=O)C1=CC2OC3(Cc4ccccc4C3)OC2C(OC(=O)c2cccc(C=CCOC3OC(CO)C(O)C(O)C3O)c2)C1)C(=O)NC(CO)CCC(=O)OC(C)(C)C. The lowest BCUT2D eigenvalue weighted by atomic mass is 9.91. The van der Waals surface area contributed by atoms with Crippen LogP contribution in [0.1, 0.15) is 74.0 Å². The fourth-order valence-electron chi connectivity index (χ4n) is 8.00. The summed E-state index contributed by atoms with van der Waals surface area (Å²) < 4.78 is 35.4. The van der Waals surface area contributed by atoms with E-state index in [0.717, 1.165) is 11.1 Å². The molecule has 4 aliphatic rings. The molecule has 0 radical (unpaired) electrons. The van der Waals surface area contributed by atoms with Crippen LogP contribution in [0.5, 0.6) is 0 Å². The maximum absolute atomic E-state index is 14.0. The van der Waals surface area contributed by atoms with Crippen LogP contribution in [0.4, 0.5) is 0 Å². The average Bonchev–Trinajstić information content (AvgIpc) is 3.79. The molecule has 2 aliphatic heterocycles. The Morgan fingerprint density at radius 1 is 0.952 bits per heavy atom. The first-order chi connectivity index (χ1) is 29.9.